The van der Waals surface area contributed by atoms with E-state index in [9.17, 15) is 18.5 Å². The summed E-state index contributed by atoms with van der Waals surface area (Å²) in [6.07, 6.45) is 0. The summed E-state index contributed by atoms with van der Waals surface area (Å²) in [6, 6.07) is 5.05. The number of benzene rings is 1. The van der Waals surface area contributed by atoms with Crippen molar-refractivity contribution in [1.29, 1.82) is 0 Å². The summed E-state index contributed by atoms with van der Waals surface area (Å²) in [5, 5.41) is 12.4. The highest BCUT2D eigenvalue weighted by Gasteiger charge is 2.20. The standard InChI is InChI=1S/C11H10BrN3O4S2/c12-7-3-9(20-6-7)5-14-21(18,19)11-2-1-8(15(16)17)4-10(11)13/h1-4,6,14H,5,13H2. The van der Waals surface area contributed by atoms with E-state index >= 15 is 0 Å². The number of nitro groups is 1. The molecule has 0 aliphatic heterocycles. The number of nitro benzene ring substituents is 1. The molecule has 0 saturated heterocycles. The second kappa shape index (κ2) is 6.10. The first-order chi connectivity index (χ1) is 9.79. The van der Waals surface area contributed by atoms with Crippen LogP contribution in [0.4, 0.5) is 11.4 Å². The SMILES string of the molecule is Nc1cc([N+](=O)[O-])ccc1S(=O)(=O)NCc1cc(Br)cs1. The highest BCUT2D eigenvalue weighted by molar-refractivity contribution is 9.10. The lowest BCUT2D eigenvalue weighted by Crippen LogP contribution is -2.23. The highest BCUT2D eigenvalue weighted by Crippen LogP contribution is 2.24. The van der Waals surface area contributed by atoms with E-state index in [1.165, 1.54) is 11.3 Å². The Hall–Kier alpha value is -1.49. The van der Waals surface area contributed by atoms with Crippen molar-refractivity contribution in [2.45, 2.75) is 11.4 Å². The van der Waals surface area contributed by atoms with Crippen molar-refractivity contribution in [2.75, 3.05) is 5.73 Å². The van der Waals surface area contributed by atoms with Crippen LogP contribution in [-0.4, -0.2) is 13.3 Å². The van der Waals surface area contributed by atoms with Gasteiger partial charge in [-0.3, -0.25) is 10.1 Å². The number of sulfonamides is 1. The van der Waals surface area contributed by atoms with E-state index in [1.807, 2.05) is 5.38 Å². The van der Waals surface area contributed by atoms with Gasteiger partial charge in [-0.05, 0) is 28.1 Å². The molecule has 0 saturated carbocycles. The Labute approximate surface area is 133 Å². The Kier molecular flexibility index (Phi) is 4.61. The van der Waals surface area contributed by atoms with Crippen molar-refractivity contribution in [3.8, 4) is 0 Å². The Bertz CT molecular complexity index is 789. The van der Waals surface area contributed by atoms with Crippen LogP contribution in [0.5, 0.6) is 0 Å². The van der Waals surface area contributed by atoms with Gasteiger partial charge in [0, 0.05) is 33.4 Å². The molecule has 0 bridgehead atoms. The first-order valence-corrected chi connectivity index (χ1v) is 8.71. The van der Waals surface area contributed by atoms with Gasteiger partial charge in [-0.25, -0.2) is 13.1 Å². The molecule has 7 nitrogen and oxygen atoms in total. The van der Waals surface area contributed by atoms with E-state index in [2.05, 4.69) is 20.7 Å². The van der Waals surface area contributed by atoms with Crippen LogP contribution in [0.2, 0.25) is 0 Å². The van der Waals surface area contributed by atoms with Crippen LogP contribution in [0.15, 0.2) is 39.0 Å². The van der Waals surface area contributed by atoms with Crippen LogP contribution in [-0.2, 0) is 16.6 Å². The molecule has 0 amide bonds. The zero-order chi connectivity index (χ0) is 15.6. The fraction of sp³-hybridized carbons (Fsp3) is 0.0909. The van der Waals surface area contributed by atoms with Crippen molar-refractivity contribution in [2.24, 2.45) is 0 Å². The summed E-state index contributed by atoms with van der Waals surface area (Å²) >= 11 is 4.68. The number of nitrogens with one attached hydrogen (secondary N) is 1. The lowest BCUT2D eigenvalue weighted by Gasteiger charge is -2.08. The van der Waals surface area contributed by atoms with Gasteiger partial charge in [0.2, 0.25) is 10.0 Å². The normalized spacial score (nSPS) is 11.5. The van der Waals surface area contributed by atoms with Gasteiger partial charge in [-0.2, -0.15) is 0 Å². The third kappa shape index (κ3) is 3.79. The number of thiophene rings is 1. The molecule has 0 radical (unpaired) electrons. The minimum atomic E-state index is -3.83. The van der Waals surface area contributed by atoms with Gasteiger partial charge in [0.05, 0.1) is 10.6 Å². The van der Waals surface area contributed by atoms with Gasteiger partial charge in [0.25, 0.3) is 5.69 Å². The van der Waals surface area contributed by atoms with E-state index in [0.29, 0.717) is 0 Å². The fourth-order valence-corrected chi connectivity index (χ4v) is 4.18. The average molecular weight is 392 g/mol. The van der Waals surface area contributed by atoms with Gasteiger partial charge < -0.3 is 5.73 Å². The van der Waals surface area contributed by atoms with E-state index in [1.54, 1.807) is 6.07 Å². The van der Waals surface area contributed by atoms with E-state index in [4.69, 9.17) is 5.73 Å². The average Bonchev–Trinajstić information content (AvgIpc) is 2.82. The predicted octanol–water partition coefficient (Wildman–Crippen LogP) is 2.48. The van der Waals surface area contributed by atoms with Crippen LogP contribution < -0.4 is 10.5 Å². The summed E-state index contributed by atoms with van der Waals surface area (Å²) in [4.78, 5) is 10.6. The maximum absolute atomic E-state index is 12.1. The molecule has 0 aliphatic carbocycles. The maximum Gasteiger partial charge on any atom is 0.271 e. The maximum atomic E-state index is 12.1. The molecule has 0 unspecified atom stereocenters. The van der Waals surface area contributed by atoms with Crippen molar-refractivity contribution >= 4 is 48.7 Å². The van der Waals surface area contributed by atoms with Crippen molar-refractivity contribution in [3.05, 3.63) is 49.1 Å². The lowest BCUT2D eigenvalue weighted by atomic mass is 10.3. The van der Waals surface area contributed by atoms with Crippen LogP contribution in [0, 0.1) is 10.1 Å². The Morgan fingerprint density at radius 2 is 2.10 bits per heavy atom. The summed E-state index contributed by atoms with van der Waals surface area (Å²) in [7, 11) is -3.83. The molecular weight excluding hydrogens is 382 g/mol. The molecule has 112 valence electrons. The number of hydrogen-bond donors (Lipinski definition) is 2. The molecule has 0 fully saturated rings. The molecule has 1 heterocycles. The highest BCUT2D eigenvalue weighted by atomic mass is 79.9. The number of hydrogen-bond acceptors (Lipinski definition) is 6. The number of nitrogens with zero attached hydrogens (tertiary/aromatic N) is 1. The summed E-state index contributed by atoms with van der Waals surface area (Å²) in [5.74, 6) is 0. The molecule has 0 spiro atoms. The molecule has 2 aromatic rings. The molecular formula is C11H10BrN3O4S2. The van der Waals surface area contributed by atoms with Crippen LogP contribution in [0.1, 0.15) is 4.88 Å². The smallest absolute Gasteiger partial charge is 0.271 e. The number of halogens is 1. The van der Waals surface area contributed by atoms with Crippen LogP contribution >= 0.6 is 27.3 Å². The fourth-order valence-electron chi connectivity index (χ4n) is 1.58. The van der Waals surface area contributed by atoms with E-state index in [0.717, 1.165) is 27.5 Å². The molecule has 0 aliphatic rings. The monoisotopic (exact) mass is 391 g/mol. The van der Waals surface area contributed by atoms with Crippen LogP contribution in [0.3, 0.4) is 0 Å². The molecule has 21 heavy (non-hydrogen) atoms. The zero-order valence-corrected chi connectivity index (χ0v) is 13.7. The second-order valence-electron chi connectivity index (χ2n) is 4.04. The minimum absolute atomic E-state index is 0.120. The summed E-state index contributed by atoms with van der Waals surface area (Å²) < 4.78 is 27.6. The van der Waals surface area contributed by atoms with E-state index < -0.39 is 14.9 Å². The first kappa shape index (κ1) is 15.9. The second-order valence-corrected chi connectivity index (χ2v) is 7.68. The molecule has 0 atom stereocenters. The molecule has 10 heteroatoms. The number of rotatable bonds is 5. The van der Waals surface area contributed by atoms with Crippen molar-refractivity contribution in [1.82, 2.24) is 4.72 Å². The molecule has 2 rings (SSSR count). The number of nitrogen functional groups attached to an aromatic ring is 1. The van der Waals surface area contributed by atoms with Crippen molar-refractivity contribution in [3.63, 3.8) is 0 Å². The summed E-state index contributed by atoms with van der Waals surface area (Å²) in [5.41, 5.74) is 5.17. The molecule has 3 N–H and O–H groups in total. The van der Waals surface area contributed by atoms with Crippen molar-refractivity contribution < 1.29 is 13.3 Å². The quantitative estimate of drug-likeness (QED) is 0.461. The largest absolute Gasteiger partial charge is 0.397 e. The molecule has 1 aromatic heterocycles. The minimum Gasteiger partial charge on any atom is -0.397 e. The number of nitrogens with two attached hydrogens (primary N) is 1. The number of non-ortho nitro benzene ring substituents is 1. The Morgan fingerprint density at radius 1 is 1.38 bits per heavy atom. The lowest BCUT2D eigenvalue weighted by molar-refractivity contribution is -0.384. The third-order valence-corrected chi connectivity index (χ3v) is 5.72. The van der Waals surface area contributed by atoms with Gasteiger partial charge in [0.15, 0.2) is 0 Å². The number of anilines is 1. The van der Waals surface area contributed by atoms with Crippen LogP contribution in [0.25, 0.3) is 0 Å². The third-order valence-electron chi connectivity index (χ3n) is 2.55. The van der Waals surface area contributed by atoms with Gasteiger partial charge in [-0.1, -0.05) is 0 Å². The topological polar surface area (TPSA) is 115 Å². The predicted molar refractivity (Wildman–Crippen MR) is 83.6 cm³/mol. The summed E-state index contributed by atoms with van der Waals surface area (Å²) in [6.45, 7) is 0.120. The Morgan fingerprint density at radius 3 is 2.62 bits per heavy atom. The Balaban J connectivity index is 2.21. The van der Waals surface area contributed by atoms with Gasteiger partial charge in [0.1, 0.15) is 4.90 Å². The van der Waals surface area contributed by atoms with Gasteiger partial charge in [-0.15, -0.1) is 11.3 Å². The van der Waals surface area contributed by atoms with E-state index in [-0.39, 0.29) is 22.8 Å². The molecule has 1 aromatic carbocycles. The first-order valence-electron chi connectivity index (χ1n) is 5.56. The van der Waals surface area contributed by atoms with Gasteiger partial charge >= 0.3 is 0 Å². The zero-order valence-electron chi connectivity index (χ0n) is 10.4.